The molecule has 1 aliphatic carbocycles. The van der Waals surface area contributed by atoms with Gasteiger partial charge in [-0.2, -0.15) is 0 Å². The van der Waals surface area contributed by atoms with Gasteiger partial charge in [-0.3, -0.25) is 15.5 Å². The van der Waals surface area contributed by atoms with E-state index in [4.69, 9.17) is 19.9 Å². The monoisotopic (exact) mass is 398 g/mol. The van der Waals surface area contributed by atoms with Crippen LogP contribution in [-0.4, -0.2) is 83.7 Å². The summed E-state index contributed by atoms with van der Waals surface area (Å²) in [6, 6.07) is 0. The van der Waals surface area contributed by atoms with E-state index in [0.717, 1.165) is 38.6 Å². The van der Waals surface area contributed by atoms with E-state index in [9.17, 15) is 10.2 Å². The van der Waals surface area contributed by atoms with Gasteiger partial charge in [-0.05, 0) is 44.9 Å². The number of nitrogens with zero attached hydrogens (tertiary/aromatic N) is 1. The number of fused-ring (bicyclic) bond motifs is 2. The fourth-order valence-corrected chi connectivity index (χ4v) is 5.90. The van der Waals surface area contributed by atoms with E-state index >= 15 is 0 Å². The Bertz CT molecular complexity index is 581. The molecule has 0 spiro atoms. The molecule has 0 radical (unpaired) electrons. The smallest absolute Gasteiger partial charge is 0.147 e. The molecule has 4 saturated heterocycles. The Morgan fingerprint density at radius 1 is 1.18 bits per heavy atom. The van der Waals surface area contributed by atoms with Gasteiger partial charge in [0.1, 0.15) is 24.7 Å². The Hall–Kier alpha value is -0.360. The molecule has 6 unspecified atom stereocenters. The Kier molecular flexibility index (Phi) is 5.18. The van der Waals surface area contributed by atoms with E-state index in [2.05, 4.69) is 15.5 Å². The molecule has 160 valence electrons. The maximum atomic E-state index is 11.1. The third kappa shape index (κ3) is 3.21. The standard InChI is InChI=1S/C19H34N4O5/c1-19(25)14(7-10-2-3-12-13(6-10)27-9-26-12)28-18(15(19)24)23-5-4-11-16(20)21-8-22-17(11)23/h10-18,21-22,24-25H,2-9,20H2,1H3/t10?,11?,12?,13?,14-,15+,16?,17?,18-,19-/m1/s1. The summed E-state index contributed by atoms with van der Waals surface area (Å²) in [4.78, 5) is 2.15. The topological polar surface area (TPSA) is 121 Å². The van der Waals surface area contributed by atoms with Crippen LogP contribution in [0.15, 0.2) is 0 Å². The zero-order valence-electron chi connectivity index (χ0n) is 16.5. The molecule has 5 fully saturated rings. The minimum atomic E-state index is -1.28. The molecule has 5 rings (SSSR count). The van der Waals surface area contributed by atoms with E-state index in [-0.39, 0.29) is 30.5 Å². The zero-order valence-corrected chi connectivity index (χ0v) is 16.5. The van der Waals surface area contributed by atoms with Crippen LogP contribution in [-0.2, 0) is 14.2 Å². The van der Waals surface area contributed by atoms with Gasteiger partial charge in [-0.1, -0.05) is 0 Å². The van der Waals surface area contributed by atoms with Crippen LogP contribution in [0, 0.1) is 11.8 Å². The van der Waals surface area contributed by atoms with Crippen molar-refractivity contribution in [2.45, 2.75) is 87.6 Å². The second-order valence-corrected chi connectivity index (χ2v) is 9.37. The number of hydrogen-bond acceptors (Lipinski definition) is 9. The van der Waals surface area contributed by atoms with Gasteiger partial charge in [0.2, 0.25) is 0 Å². The van der Waals surface area contributed by atoms with Crippen LogP contribution in [0.3, 0.4) is 0 Å². The maximum Gasteiger partial charge on any atom is 0.147 e. The molecule has 0 aromatic rings. The predicted molar refractivity (Wildman–Crippen MR) is 99.6 cm³/mol. The van der Waals surface area contributed by atoms with E-state index in [1.807, 2.05) is 0 Å². The molecule has 1 saturated carbocycles. The number of rotatable bonds is 3. The summed E-state index contributed by atoms with van der Waals surface area (Å²) >= 11 is 0. The van der Waals surface area contributed by atoms with Crippen LogP contribution in [0.25, 0.3) is 0 Å². The van der Waals surface area contributed by atoms with Gasteiger partial charge in [0, 0.05) is 19.1 Å². The van der Waals surface area contributed by atoms with Crippen LogP contribution < -0.4 is 16.4 Å². The summed E-state index contributed by atoms with van der Waals surface area (Å²) in [6.07, 6.45) is 3.13. The van der Waals surface area contributed by atoms with Gasteiger partial charge >= 0.3 is 0 Å². The van der Waals surface area contributed by atoms with Crippen LogP contribution >= 0.6 is 0 Å². The lowest BCUT2D eigenvalue weighted by Gasteiger charge is -2.39. The fourth-order valence-electron chi connectivity index (χ4n) is 5.90. The molecule has 28 heavy (non-hydrogen) atoms. The molecule has 0 aromatic carbocycles. The predicted octanol–water partition coefficient (Wildman–Crippen LogP) is -1.16. The van der Waals surface area contributed by atoms with Crippen molar-refractivity contribution in [3.63, 3.8) is 0 Å². The lowest BCUT2D eigenvalue weighted by atomic mass is 9.79. The number of aliphatic hydroxyl groups excluding tert-OH is 1. The van der Waals surface area contributed by atoms with Gasteiger partial charge in [0.15, 0.2) is 0 Å². The molecule has 0 aromatic heterocycles. The van der Waals surface area contributed by atoms with Crippen molar-refractivity contribution in [3.8, 4) is 0 Å². The second kappa shape index (κ2) is 7.40. The van der Waals surface area contributed by atoms with Crippen molar-refractivity contribution in [3.05, 3.63) is 0 Å². The molecule has 0 amide bonds. The highest BCUT2D eigenvalue weighted by atomic mass is 16.7. The SMILES string of the molecule is C[C@@]1(O)[C@@H](CC2CCC3OCOC3C2)O[C@@H](N2CCC3C(N)NCNC32)[C@@H]1O. The van der Waals surface area contributed by atoms with Gasteiger partial charge in [0.05, 0.1) is 30.6 Å². The molecule has 0 bridgehead atoms. The van der Waals surface area contributed by atoms with Crippen molar-refractivity contribution >= 4 is 0 Å². The highest BCUT2D eigenvalue weighted by Gasteiger charge is 2.57. The first-order chi connectivity index (χ1) is 13.4. The van der Waals surface area contributed by atoms with Gasteiger partial charge < -0.3 is 30.2 Å². The van der Waals surface area contributed by atoms with Crippen LogP contribution in [0.1, 0.15) is 39.0 Å². The summed E-state index contributed by atoms with van der Waals surface area (Å²) in [5.41, 5.74) is 4.93. The number of nitrogens with two attached hydrogens (primary N) is 1. The summed E-state index contributed by atoms with van der Waals surface area (Å²) in [6.45, 7) is 3.52. The summed E-state index contributed by atoms with van der Waals surface area (Å²) in [5.74, 6) is 0.672. The number of aliphatic hydroxyl groups is 2. The summed E-state index contributed by atoms with van der Waals surface area (Å²) < 4.78 is 17.6. The molecule has 5 aliphatic rings. The maximum absolute atomic E-state index is 11.1. The number of nitrogens with one attached hydrogen (secondary N) is 2. The Balaban J connectivity index is 1.26. The minimum absolute atomic E-state index is 0.0601. The molecule has 9 heteroatoms. The van der Waals surface area contributed by atoms with E-state index in [1.165, 1.54) is 0 Å². The first kappa shape index (κ1) is 19.6. The number of hydrogen-bond donors (Lipinski definition) is 5. The zero-order chi connectivity index (χ0) is 19.5. The second-order valence-electron chi connectivity index (χ2n) is 9.37. The van der Waals surface area contributed by atoms with Crippen molar-refractivity contribution in [1.82, 2.24) is 15.5 Å². The van der Waals surface area contributed by atoms with Crippen molar-refractivity contribution < 1.29 is 24.4 Å². The normalized spacial score (nSPS) is 54.6. The minimum Gasteiger partial charge on any atom is -0.386 e. The van der Waals surface area contributed by atoms with Crippen LogP contribution in [0.5, 0.6) is 0 Å². The Labute approximate surface area is 165 Å². The Morgan fingerprint density at radius 2 is 2.00 bits per heavy atom. The van der Waals surface area contributed by atoms with Crippen molar-refractivity contribution in [1.29, 1.82) is 0 Å². The van der Waals surface area contributed by atoms with Gasteiger partial charge in [0.25, 0.3) is 0 Å². The van der Waals surface area contributed by atoms with Gasteiger partial charge in [-0.25, -0.2) is 0 Å². The third-order valence-electron chi connectivity index (χ3n) is 7.70. The highest BCUT2D eigenvalue weighted by Crippen LogP contribution is 2.42. The molecule has 4 aliphatic heterocycles. The molecule has 4 heterocycles. The Morgan fingerprint density at radius 3 is 2.86 bits per heavy atom. The average Bonchev–Trinajstić information content (AvgIpc) is 3.35. The van der Waals surface area contributed by atoms with Crippen LogP contribution in [0.4, 0.5) is 0 Å². The molecule has 9 nitrogen and oxygen atoms in total. The number of ether oxygens (including phenoxy) is 3. The molecule has 10 atom stereocenters. The summed E-state index contributed by atoms with van der Waals surface area (Å²) in [7, 11) is 0. The lowest BCUT2D eigenvalue weighted by molar-refractivity contribution is -0.110. The van der Waals surface area contributed by atoms with E-state index in [1.54, 1.807) is 6.92 Å². The highest BCUT2D eigenvalue weighted by molar-refractivity contribution is 5.05. The fraction of sp³-hybridized carbons (Fsp3) is 1.00. The van der Waals surface area contributed by atoms with E-state index < -0.39 is 24.0 Å². The van der Waals surface area contributed by atoms with E-state index in [0.29, 0.717) is 19.4 Å². The third-order valence-corrected chi connectivity index (χ3v) is 7.70. The number of likely N-dealkylation sites (tertiary alicyclic amines) is 1. The van der Waals surface area contributed by atoms with Crippen molar-refractivity contribution in [2.24, 2.45) is 17.6 Å². The van der Waals surface area contributed by atoms with Gasteiger partial charge in [-0.15, -0.1) is 0 Å². The first-order valence-corrected chi connectivity index (χ1v) is 10.7. The first-order valence-electron chi connectivity index (χ1n) is 10.7. The lowest BCUT2D eigenvalue weighted by Crippen LogP contribution is -2.64. The van der Waals surface area contributed by atoms with Crippen LogP contribution in [0.2, 0.25) is 0 Å². The molecular weight excluding hydrogens is 364 g/mol. The molecule has 6 N–H and O–H groups in total. The van der Waals surface area contributed by atoms with Crippen molar-refractivity contribution in [2.75, 3.05) is 20.0 Å². The summed E-state index contributed by atoms with van der Waals surface area (Å²) in [5, 5.41) is 28.7. The average molecular weight is 399 g/mol. The molecular formula is C19H34N4O5. The quantitative estimate of drug-likeness (QED) is 0.401. The largest absolute Gasteiger partial charge is 0.386 e.